The molecule has 0 bridgehead atoms. The van der Waals surface area contributed by atoms with E-state index in [1.807, 2.05) is 30.3 Å². The highest BCUT2D eigenvalue weighted by molar-refractivity contribution is 5.82. The van der Waals surface area contributed by atoms with Gasteiger partial charge in [-0.25, -0.2) is 0 Å². The van der Waals surface area contributed by atoms with Crippen LogP contribution in [-0.2, 0) is 11.2 Å². The third kappa shape index (κ3) is 1.84. The van der Waals surface area contributed by atoms with E-state index in [4.69, 9.17) is 10.00 Å². The number of benzene rings is 1. The minimum Gasteiger partial charge on any atom is -0.480 e. The molecule has 82 valence electrons. The Labute approximate surface area is 94.0 Å². The maximum absolute atomic E-state index is 11.9. The van der Waals surface area contributed by atoms with Crippen molar-refractivity contribution in [3.63, 3.8) is 0 Å². The Kier molecular flexibility index (Phi) is 2.78. The van der Waals surface area contributed by atoms with Crippen molar-refractivity contribution in [2.75, 3.05) is 13.6 Å². The highest BCUT2D eigenvalue weighted by Gasteiger charge is 2.30. The molecular formula is C12H12N2O2. The highest BCUT2D eigenvalue weighted by atomic mass is 16.5. The normalized spacial score (nSPS) is 17.1. The van der Waals surface area contributed by atoms with Gasteiger partial charge < -0.3 is 9.64 Å². The maximum atomic E-state index is 11.9. The second kappa shape index (κ2) is 4.23. The van der Waals surface area contributed by atoms with Crippen LogP contribution in [0.1, 0.15) is 5.56 Å². The molecule has 1 heterocycles. The van der Waals surface area contributed by atoms with Crippen molar-refractivity contribution in [3.05, 3.63) is 29.8 Å². The van der Waals surface area contributed by atoms with Gasteiger partial charge in [-0.3, -0.25) is 4.79 Å². The number of fused-ring (bicyclic) bond motifs is 1. The molecule has 16 heavy (non-hydrogen) atoms. The van der Waals surface area contributed by atoms with Crippen LogP contribution in [0.4, 0.5) is 0 Å². The van der Waals surface area contributed by atoms with Gasteiger partial charge in [0.1, 0.15) is 12.3 Å². The van der Waals surface area contributed by atoms with Gasteiger partial charge >= 0.3 is 0 Å². The summed E-state index contributed by atoms with van der Waals surface area (Å²) in [6.45, 7) is 0.0923. The molecule has 0 N–H and O–H groups in total. The number of hydrogen-bond acceptors (Lipinski definition) is 3. The molecule has 0 spiro atoms. The first-order valence-corrected chi connectivity index (χ1v) is 5.09. The second-order valence-electron chi connectivity index (χ2n) is 3.77. The number of carbonyl (C=O) groups excluding carboxylic acids is 1. The first-order valence-electron chi connectivity index (χ1n) is 5.09. The molecule has 0 aromatic heterocycles. The number of para-hydroxylation sites is 1. The molecular weight excluding hydrogens is 204 g/mol. The van der Waals surface area contributed by atoms with Crippen molar-refractivity contribution in [3.8, 4) is 11.8 Å². The highest BCUT2D eigenvalue weighted by Crippen LogP contribution is 2.28. The van der Waals surface area contributed by atoms with Crippen molar-refractivity contribution in [1.29, 1.82) is 5.26 Å². The van der Waals surface area contributed by atoms with Gasteiger partial charge in [0, 0.05) is 13.5 Å². The van der Waals surface area contributed by atoms with Crippen molar-refractivity contribution in [1.82, 2.24) is 4.90 Å². The lowest BCUT2D eigenvalue weighted by Gasteiger charge is -2.17. The van der Waals surface area contributed by atoms with Crippen LogP contribution in [0, 0.1) is 11.3 Å². The number of nitrogens with zero attached hydrogens (tertiary/aromatic N) is 2. The average molecular weight is 216 g/mol. The van der Waals surface area contributed by atoms with E-state index in [-0.39, 0.29) is 12.5 Å². The molecule has 4 nitrogen and oxygen atoms in total. The monoisotopic (exact) mass is 216 g/mol. The van der Waals surface area contributed by atoms with Gasteiger partial charge in [-0.05, 0) is 11.6 Å². The molecule has 0 fully saturated rings. The van der Waals surface area contributed by atoms with Crippen LogP contribution < -0.4 is 4.74 Å². The molecule has 1 aliphatic rings. The quantitative estimate of drug-likeness (QED) is 0.692. The molecule has 1 aromatic carbocycles. The van der Waals surface area contributed by atoms with E-state index in [1.54, 1.807) is 7.05 Å². The third-order valence-electron chi connectivity index (χ3n) is 2.61. The fraction of sp³-hybridized carbons (Fsp3) is 0.333. The number of ether oxygens (including phenoxy) is 1. The first-order chi connectivity index (χ1) is 7.72. The zero-order valence-electron chi connectivity index (χ0n) is 9.01. The molecule has 0 radical (unpaired) electrons. The number of hydrogen-bond donors (Lipinski definition) is 0. The fourth-order valence-electron chi connectivity index (χ4n) is 1.75. The molecule has 1 amide bonds. The lowest BCUT2D eigenvalue weighted by atomic mass is 10.1. The van der Waals surface area contributed by atoms with E-state index >= 15 is 0 Å². The van der Waals surface area contributed by atoms with Crippen LogP contribution in [0.3, 0.4) is 0 Å². The standard InChI is InChI=1S/C12H12N2O2/c1-14(7-6-13)12(15)11-8-9-4-2-3-5-10(9)16-11/h2-5,11H,7-8H2,1H3. The van der Waals surface area contributed by atoms with E-state index in [0.717, 1.165) is 11.3 Å². The predicted molar refractivity (Wildman–Crippen MR) is 57.8 cm³/mol. The lowest BCUT2D eigenvalue weighted by molar-refractivity contribution is -0.135. The van der Waals surface area contributed by atoms with Gasteiger partial charge in [-0.2, -0.15) is 5.26 Å². The molecule has 1 atom stereocenters. The van der Waals surface area contributed by atoms with Crippen LogP contribution >= 0.6 is 0 Å². The fourth-order valence-corrected chi connectivity index (χ4v) is 1.75. The van der Waals surface area contributed by atoms with E-state index in [9.17, 15) is 4.79 Å². The third-order valence-corrected chi connectivity index (χ3v) is 2.61. The summed E-state index contributed by atoms with van der Waals surface area (Å²) in [5.74, 6) is 0.629. The largest absolute Gasteiger partial charge is 0.480 e. The second-order valence-corrected chi connectivity index (χ2v) is 3.77. The summed E-state index contributed by atoms with van der Waals surface area (Å²) in [5, 5.41) is 8.52. The van der Waals surface area contributed by atoms with Crippen LogP contribution in [0.2, 0.25) is 0 Å². The predicted octanol–water partition coefficient (Wildman–Crippen LogP) is 0.972. The maximum Gasteiger partial charge on any atom is 0.264 e. The Morgan fingerprint density at radius 3 is 3.06 bits per heavy atom. The molecule has 0 aliphatic carbocycles. The topological polar surface area (TPSA) is 53.3 Å². The number of carbonyl (C=O) groups is 1. The zero-order valence-corrected chi connectivity index (χ0v) is 9.01. The minimum absolute atomic E-state index is 0.0923. The van der Waals surface area contributed by atoms with Crippen LogP contribution in [0.25, 0.3) is 0 Å². The molecule has 1 aromatic rings. The smallest absolute Gasteiger partial charge is 0.264 e. The Hall–Kier alpha value is -2.02. The number of likely N-dealkylation sites (N-methyl/N-ethyl adjacent to an activating group) is 1. The lowest BCUT2D eigenvalue weighted by Crippen LogP contribution is -2.39. The summed E-state index contributed by atoms with van der Waals surface area (Å²) in [7, 11) is 1.61. The van der Waals surface area contributed by atoms with Gasteiger partial charge in [0.25, 0.3) is 5.91 Å². The van der Waals surface area contributed by atoms with Crippen molar-refractivity contribution >= 4 is 5.91 Å². The molecule has 1 aliphatic heterocycles. The number of nitriles is 1. The molecule has 4 heteroatoms. The average Bonchev–Trinajstić information content (AvgIpc) is 2.71. The van der Waals surface area contributed by atoms with Gasteiger partial charge in [0.2, 0.25) is 0 Å². The van der Waals surface area contributed by atoms with Crippen molar-refractivity contribution in [2.45, 2.75) is 12.5 Å². The van der Waals surface area contributed by atoms with E-state index in [2.05, 4.69) is 0 Å². The number of amides is 1. The van der Waals surface area contributed by atoms with E-state index in [1.165, 1.54) is 4.90 Å². The van der Waals surface area contributed by atoms with E-state index in [0.29, 0.717) is 6.42 Å². The summed E-state index contributed by atoms with van der Waals surface area (Å²) in [6, 6.07) is 9.55. The van der Waals surface area contributed by atoms with Gasteiger partial charge in [0.15, 0.2) is 6.10 Å². The molecule has 0 saturated heterocycles. The zero-order chi connectivity index (χ0) is 11.5. The summed E-state index contributed by atoms with van der Waals surface area (Å²) >= 11 is 0. The van der Waals surface area contributed by atoms with Gasteiger partial charge in [0.05, 0.1) is 6.07 Å². The Morgan fingerprint density at radius 2 is 2.38 bits per heavy atom. The van der Waals surface area contributed by atoms with Crippen LogP contribution in [0.15, 0.2) is 24.3 Å². The summed E-state index contributed by atoms with van der Waals surface area (Å²) < 4.78 is 5.54. The summed E-state index contributed by atoms with van der Waals surface area (Å²) in [5.41, 5.74) is 1.05. The van der Waals surface area contributed by atoms with Crippen LogP contribution in [-0.4, -0.2) is 30.5 Å². The Morgan fingerprint density at radius 1 is 1.62 bits per heavy atom. The SMILES string of the molecule is CN(CC#N)C(=O)C1Cc2ccccc2O1. The molecule has 1 unspecified atom stereocenters. The van der Waals surface area contributed by atoms with Crippen molar-refractivity contribution in [2.24, 2.45) is 0 Å². The Balaban J connectivity index is 2.07. The van der Waals surface area contributed by atoms with Crippen molar-refractivity contribution < 1.29 is 9.53 Å². The first kappa shape index (κ1) is 10.5. The van der Waals surface area contributed by atoms with E-state index < -0.39 is 6.10 Å². The number of rotatable bonds is 2. The molecule has 2 rings (SSSR count). The van der Waals surface area contributed by atoms with Gasteiger partial charge in [-0.1, -0.05) is 18.2 Å². The van der Waals surface area contributed by atoms with Gasteiger partial charge in [-0.15, -0.1) is 0 Å². The molecule has 0 saturated carbocycles. The summed E-state index contributed by atoms with van der Waals surface area (Å²) in [6.07, 6.45) is 0.112. The van der Waals surface area contributed by atoms with Crippen LogP contribution in [0.5, 0.6) is 5.75 Å². The summed E-state index contributed by atoms with van der Waals surface area (Å²) in [4.78, 5) is 13.2. The Bertz CT molecular complexity index is 426. The minimum atomic E-state index is -0.476.